The summed E-state index contributed by atoms with van der Waals surface area (Å²) in [6, 6.07) is 0. The highest BCUT2D eigenvalue weighted by Gasteiger charge is 2.16. The predicted molar refractivity (Wildman–Crippen MR) is 57.9 cm³/mol. The minimum absolute atomic E-state index is 0.196. The highest BCUT2D eigenvalue weighted by Crippen LogP contribution is 2.39. The van der Waals surface area contributed by atoms with Gasteiger partial charge in [0.1, 0.15) is 0 Å². The highest BCUT2D eigenvalue weighted by atomic mass is 32.5. The fourth-order valence-corrected chi connectivity index (χ4v) is 1.97. The maximum Gasteiger partial charge on any atom is 0.322 e. The lowest BCUT2D eigenvalue weighted by atomic mass is 10.1. The van der Waals surface area contributed by atoms with Crippen LogP contribution in [0.4, 0.5) is 0 Å². The maximum atomic E-state index is 8.94. The van der Waals surface area contributed by atoms with Crippen LogP contribution in [0, 0.1) is 0 Å². The Kier molecular flexibility index (Phi) is 6.82. The number of rotatable bonds is 7. The van der Waals surface area contributed by atoms with E-state index in [0.717, 1.165) is 19.3 Å². The van der Waals surface area contributed by atoms with Crippen molar-refractivity contribution in [1.29, 1.82) is 0 Å². The summed E-state index contributed by atoms with van der Waals surface area (Å²) in [5, 5.41) is 0. The van der Waals surface area contributed by atoms with Gasteiger partial charge in [0.15, 0.2) is 0 Å². The van der Waals surface area contributed by atoms with Crippen molar-refractivity contribution in [1.82, 2.24) is 0 Å². The van der Waals surface area contributed by atoms with Gasteiger partial charge in [0, 0.05) is 0 Å². The first kappa shape index (κ1) is 13.3. The van der Waals surface area contributed by atoms with Crippen LogP contribution in [0.2, 0.25) is 0 Å². The van der Waals surface area contributed by atoms with Crippen LogP contribution < -0.4 is 0 Å². The molecule has 0 saturated heterocycles. The van der Waals surface area contributed by atoms with Gasteiger partial charge in [-0.15, -0.1) is 6.58 Å². The van der Waals surface area contributed by atoms with Gasteiger partial charge in [-0.3, -0.25) is 0 Å². The molecule has 1 unspecified atom stereocenters. The Balaban J connectivity index is 3.93. The fourth-order valence-electron chi connectivity index (χ4n) is 1.03. The Hall–Kier alpha value is 0.270. The SMILES string of the molecule is C=CCC(CCCC)OP(O)(O)=S. The van der Waals surface area contributed by atoms with Gasteiger partial charge in [-0.25, -0.2) is 0 Å². The first-order valence-corrected chi connectivity index (χ1v) is 6.97. The number of hydrogen-bond donors (Lipinski definition) is 2. The molecule has 13 heavy (non-hydrogen) atoms. The van der Waals surface area contributed by atoms with Crippen LogP contribution in [0.5, 0.6) is 0 Å². The molecule has 0 aliphatic rings. The van der Waals surface area contributed by atoms with Crippen LogP contribution in [0.1, 0.15) is 32.6 Å². The van der Waals surface area contributed by atoms with E-state index < -0.39 is 6.72 Å². The van der Waals surface area contributed by atoms with E-state index in [2.05, 4.69) is 25.3 Å². The molecule has 1 atom stereocenters. The average Bonchev–Trinajstić information content (AvgIpc) is 1.98. The summed E-state index contributed by atoms with van der Waals surface area (Å²) in [6.45, 7) is 2.14. The zero-order valence-corrected chi connectivity index (χ0v) is 9.56. The molecule has 78 valence electrons. The normalized spacial score (nSPS) is 14.1. The Labute approximate surface area is 84.7 Å². The second-order valence-electron chi connectivity index (χ2n) is 2.88. The van der Waals surface area contributed by atoms with Gasteiger partial charge in [-0.1, -0.05) is 25.8 Å². The number of hydrogen-bond acceptors (Lipinski definition) is 2. The summed E-state index contributed by atoms with van der Waals surface area (Å²) in [5.74, 6) is 0. The van der Waals surface area contributed by atoms with Crippen LogP contribution in [-0.4, -0.2) is 15.9 Å². The number of unbranched alkanes of at least 4 members (excludes halogenated alkanes) is 1. The molecule has 0 fully saturated rings. The topological polar surface area (TPSA) is 49.7 Å². The standard InChI is InChI=1S/C8H17O3PS/c1-3-5-7-8(6-4-2)11-12(9,10)13/h4,8H,2-3,5-7H2,1H3,(H2,9,10,13). The summed E-state index contributed by atoms with van der Waals surface area (Å²) in [6.07, 6.45) is 4.95. The molecular formula is C8H17O3PS. The van der Waals surface area contributed by atoms with Crippen molar-refractivity contribution in [3.63, 3.8) is 0 Å². The molecule has 0 radical (unpaired) electrons. The molecule has 0 aromatic rings. The highest BCUT2D eigenvalue weighted by molar-refractivity contribution is 8.06. The predicted octanol–water partition coefficient (Wildman–Crippen LogP) is 2.35. The first-order chi connectivity index (χ1) is 5.99. The Bertz CT molecular complexity index is 190. The van der Waals surface area contributed by atoms with Gasteiger partial charge in [0.05, 0.1) is 6.10 Å². The molecule has 0 aromatic carbocycles. The average molecular weight is 224 g/mol. The van der Waals surface area contributed by atoms with Gasteiger partial charge in [0.2, 0.25) is 0 Å². The van der Waals surface area contributed by atoms with Crippen molar-refractivity contribution in [2.45, 2.75) is 38.7 Å². The molecule has 2 N–H and O–H groups in total. The van der Waals surface area contributed by atoms with Gasteiger partial charge in [-0.05, 0) is 24.6 Å². The minimum Gasteiger partial charge on any atom is -0.325 e. The molecule has 0 aliphatic carbocycles. The quantitative estimate of drug-likeness (QED) is 0.515. The van der Waals surface area contributed by atoms with Crippen molar-refractivity contribution in [3.05, 3.63) is 12.7 Å². The van der Waals surface area contributed by atoms with E-state index in [1.165, 1.54) is 0 Å². The molecule has 0 spiro atoms. The summed E-state index contributed by atoms with van der Waals surface area (Å²) < 4.78 is 4.95. The first-order valence-electron chi connectivity index (χ1n) is 4.34. The Morgan fingerprint density at radius 3 is 2.62 bits per heavy atom. The fraction of sp³-hybridized carbons (Fsp3) is 0.750. The molecule has 0 saturated carbocycles. The molecule has 0 heterocycles. The molecule has 0 bridgehead atoms. The van der Waals surface area contributed by atoms with E-state index >= 15 is 0 Å². The van der Waals surface area contributed by atoms with Crippen molar-refractivity contribution in [2.24, 2.45) is 0 Å². The lowest BCUT2D eigenvalue weighted by molar-refractivity contribution is 0.160. The van der Waals surface area contributed by atoms with Crippen molar-refractivity contribution >= 4 is 18.5 Å². The summed E-state index contributed by atoms with van der Waals surface area (Å²) in [4.78, 5) is 17.9. The van der Waals surface area contributed by atoms with Crippen LogP contribution >= 0.6 is 6.72 Å². The molecule has 0 aromatic heterocycles. The van der Waals surface area contributed by atoms with E-state index in [1.807, 2.05) is 0 Å². The summed E-state index contributed by atoms with van der Waals surface area (Å²) in [7, 11) is 0. The van der Waals surface area contributed by atoms with Crippen molar-refractivity contribution < 1.29 is 14.3 Å². The van der Waals surface area contributed by atoms with Crippen LogP contribution in [0.15, 0.2) is 12.7 Å². The van der Waals surface area contributed by atoms with Gasteiger partial charge in [-0.2, -0.15) is 0 Å². The van der Waals surface area contributed by atoms with Crippen LogP contribution in [-0.2, 0) is 16.3 Å². The molecular weight excluding hydrogens is 207 g/mol. The van der Waals surface area contributed by atoms with Gasteiger partial charge in [0.25, 0.3) is 0 Å². The second-order valence-corrected chi connectivity index (χ2v) is 5.50. The molecule has 3 nitrogen and oxygen atoms in total. The lowest BCUT2D eigenvalue weighted by Crippen LogP contribution is -2.09. The van der Waals surface area contributed by atoms with Crippen molar-refractivity contribution in [3.8, 4) is 0 Å². The molecule has 0 aliphatic heterocycles. The zero-order chi connectivity index (χ0) is 10.3. The van der Waals surface area contributed by atoms with E-state index in [1.54, 1.807) is 6.08 Å². The van der Waals surface area contributed by atoms with Crippen LogP contribution in [0.25, 0.3) is 0 Å². The monoisotopic (exact) mass is 224 g/mol. The smallest absolute Gasteiger partial charge is 0.322 e. The van der Waals surface area contributed by atoms with Gasteiger partial charge >= 0.3 is 6.72 Å². The third kappa shape index (κ3) is 8.60. The van der Waals surface area contributed by atoms with Crippen molar-refractivity contribution in [2.75, 3.05) is 0 Å². The third-order valence-corrected chi connectivity index (χ3v) is 2.43. The summed E-state index contributed by atoms with van der Waals surface area (Å²) >= 11 is 4.39. The van der Waals surface area contributed by atoms with E-state index in [-0.39, 0.29) is 6.10 Å². The van der Waals surface area contributed by atoms with E-state index in [4.69, 9.17) is 14.3 Å². The second kappa shape index (κ2) is 6.68. The van der Waals surface area contributed by atoms with Crippen LogP contribution in [0.3, 0.4) is 0 Å². The van der Waals surface area contributed by atoms with Gasteiger partial charge < -0.3 is 14.3 Å². The maximum absolute atomic E-state index is 8.94. The molecule has 0 amide bonds. The molecule has 5 heteroatoms. The van der Waals surface area contributed by atoms with E-state index in [0.29, 0.717) is 6.42 Å². The lowest BCUT2D eigenvalue weighted by Gasteiger charge is -2.18. The minimum atomic E-state index is -3.51. The molecule has 0 rings (SSSR count). The van der Waals surface area contributed by atoms with E-state index in [9.17, 15) is 0 Å². The Morgan fingerprint density at radius 2 is 2.23 bits per heavy atom. The zero-order valence-electron chi connectivity index (χ0n) is 7.85. The summed E-state index contributed by atoms with van der Waals surface area (Å²) in [5.41, 5.74) is 0. The Morgan fingerprint density at radius 1 is 1.62 bits per heavy atom. The third-order valence-electron chi connectivity index (χ3n) is 1.60. The largest absolute Gasteiger partial charge is 0.325 e.